The zero-order valence-corrected chi connectivity index (χ0v) is 21.8. The molecule has 11 nitrogen and oxygen atoms in total. The first kappa shape index (κ1) is 26.1. The molecule has 0 saturated carbocycles. The van der Waals surface area contributed by atoms with E-state index in [1.54, 1.807) is 24.5 Å². The maximum Gasteiger partial charge on any atom is 0.247 e. The van der Waals surface area contributed by atoms with E-state index in [9.17, 15) is 9.59 Å². The Morgan fingerprint density at radius 2 is 1.67 bits per heavy atom. The molecule has 2 fully saturated rings. The zero-order valence-electron chi connectivity index (χ0n) is 21.8. The molecule has 11 heteroatoms. The average molecular weight is 529 g/mol. The van der Waals surface area contributed by atoms with E-state index < -0.39 is 0 Å². The number of ether oxygens (including phenoxy) is 1. The number of morpholine rings is 1. The van der Waals surface area contributed by atoms with Crippen molar-refractivity contribution in [1.29, 1.82) is 0 Å². The smallest absolute Gasteiger partial charge is 0.247 e. The highest BCUT2D eigenvalue weighted by Gasteiger charge is 2.23. The van der Waals surface area contributed by atoms with Crippen LogP contribution in [-0.4, -0.2) is 84.1 Å². The second-order valence-electron chi connectivity index (χ2n) is 9.43. The van der Waals surface area contributed by atoms with E-state index in [2.05, 4.69) is 37.7 Å². The first-order valence-corrected chi connectivity index (χ1v) is 13.0. The van der Waals surface area contributed by atoms with E-state index in [4.69, 9.17) is 15.5 Å². The fourth-order valence-electron chi connectivity index (χ4n) is 4.66. The quantitative estimate of drug-likeness (QED) is 0.442. The number of nitrogens with two attached hydrogens (primary N) is 1. The number of anilines is 4. The highest BCUT2D eigenvalue weighted by Crippen LogP contribution is 2.29. The second-order valence-corrected chi connectivity index (χ2v) is 9.43. The topological polar surface area (TPSA) is 130 Å². The average Bonchev–Trinajstić information content (AvgIpc) is 2.98. The van der Waals surface area contributed by atoms with Crippen molar-refractivity contribution in [3.8, 4) is 11.3 Å². The van der Waals surface area contributed by atoms with Crippen LogP contribution in [0.2, 0.25) is 0 Å². The Bertz CT molecular complexity index is 1320. The molecule has 0 aliphatic carbocycles. The summed E-state index contributed by atoms with van der Waals surface area (Å²) in [5, 5.41) is 2.71. The number of amides is 2. The Kier molecular flexibility index (Phi) is 7.97. The summed E-state index contributed by atoms with van der Waals surface area (Å²) in [6, 6.07) is 11.5. The largest absolute Gasteiger partial charge is 0.378 e. The Balaban J connectivity index is 1.26. The maximum atomic E-state index is 13.0. The zero-order chi connectivity index (χ0) is 27.2. The molecule has 202 valence electrons. The van der Waals surface area contributed by atoms with Crippen LogP contribution >= 0.6 is 0 Å². The number of nitrogens with zero attached hydrogens (tertiary/aromatic N) is 6. The van der Waals surface area contributed by atoms with Gasteiger partial charge in [0, 0.05) is 74.7 Å². The van der Waals surface area contributed by atoms with Gasteiger partial charge in [0.25, 0.3) is 0 Å². The van der Waals surface area contributed by atoms with Crippen LogP contribution in [0.15, 0.2) is 61.4 Å². The minimum absolute atomic E-state index is 0.0842. The van der Waals surface area contributed by atoms with Crippen molar-refractivity contribution in [2.24, 2.45) is 0 Å². The van der Waals surface area contributed by atoms with Gasteiger partial charge in [-0.2, -0.15) is 0 Å². The lowest BCUT2D eigenvalue weighted by molar-refractivity contribution is -0.130. The Morgan fingerprint density at radius 3 is 2.33 bits per heavy atom. The number of hydrogen-bond donors (Lipinski definition) is 2. The summed E-state index contributed by atoms with van der Waals surface area (Å²) in [5.41, 5.74) is 9.88. The van der Waals surface area contributed by atoms with Gasteiger partial charge in [-0.3, -0.25) is 9.59 Å². The number of nitrogens with one attached hydrogen (secondary N) is 1. The number of aromatic nitrogens is 3. The van der Waals surface area contributed by atoms with Crippen LogP contribution in [0.3, 0.4) is 0 Å². The molecule has 2 aliphatic heterocycles. The molecule has 2 aliphatic rings. The first-order valence-electron chi connectivity index (χ1n) is 13.0. The van der Waals surface area contributed by atoms with E-state index >= 15 is 0 Å². The van der Waals surface area contributed by atoms with Crippen LogP contribution in [0, 0.1) is 0 Å². The Hall–Kier alpha value is -4.51. The molecule has 4 heterocycles. The normalized spacial score (nSPS) is 15.6. The lowest BCUT2D eigenvalue weighted by Crippen LogP contribution is -2.49. The summed E-state index contributed by atoms with van der Waals surface area (Å²) in [5.74, 6) is 0.922. The number of hydrogen-bond acceptors (Lipinski definition) is 9. The SMILES string of the molecule is C=CC(=O)Nc1ccc(CC(=O)N2CCN(c3cc(-c4cnc(N)nc4)nc(N4CCOCC4)c3)CC2)cc1. The van der Waals surface area contributed by atoms with Gasteiger partial charge in [0.2, 0.25) is 17.8 Å². The first-order chi connectivity index (χ1) is 19.0. The molecule has 3 N–H and O–H groups in total. The summed E-state index contributed by atoms with van der Waals surface area (Å²) in [7, 11) is 0. The molecule has 0 radical (unpaired) electrons. The lowest BCUT2D eigenvalue weighted by atomic mass is 10.1. The van der Waals surface area contributed by atoms with Crippen LogP contribution in [0.25, 0.3) is 11.3 Å². The molecule has 0 spiro atoms. The third kappa shape index (κ3) is 6.50. The van der Waals surface area contributed by atoms with E-state index in [-0.39, 0.29) is 17.8 Å². The predicted octanol–water partition coefficient (Wildman–Crippen LogP) is 1.97. The summed E-state index contributed by atoms with van der Waals surface area (Å²) >= 11 is 0. The summed E-state index contributed by atoms with van der Waals surface area (Å²) < 4.78 is 5.53. The number of rotatable bonds is 7. The third-order valence-corrected chi connectivity index (χ3v) is 6.86. The molecule has 2 saturated heterocycles. The number of pyridine rings is 1. The molecule has 1 aromatic carbocycles. The second kappa shape index (κ2) is 11.9. The van der Waals surface area contributed by atoms with Gasteiger partial charge in [-0.15, -0.1) is 0 Å². The molecule has 0 atom stereocenters. The third-order valence-electron chi connectivity index (χ3n) is 6.86. The monoisotopic (exact) mass is 528 g/mol. The van der Waals surface area contributed by atoms with Crippen molar-refractivity contribution in [1.82, 2.24) is 19.9 Å². The fourth-order valence-corrected chi connectivity index (χ4v) is 4.66. The predicted molar refractivity (Wildman–Crippen MR) is 150 cm³/mol. The van der Waals surface area contributed by atoms with Gasteiger partial charge in [0.15, 0.2) is 0 Å². The molecule has 0 unspecified atom stereocenters. The minimum atomic E-state index is -0.267. The van der Waals surface area contributed by atoms with Crippen LogP contribution in [0.4, 0.5) is 23.1 Å². The summed E-state index contributed by atoms with van der Waals surface area (Å²) in [4.78, 5) is 44.1. The van der Waals surface area contributed by atoms with Crippen LogP contribution in [0.1, 0.15) is 5.56 Å². The Morgan fingerprint density at radius 1 is 0.974 bits per heavy atom. The van der Waals surface area contributed by atoms with Gasteiger partial charge in [0.05, 0.1) is 25.3 Å². The molecule has 5 rings (SSSR count). The molecular weight excluding hydrogens is 496 g/mol. The Labute approximate surface area is 227 Å². The molecule has 0 bridgehead atoms. The van der Waals surface area contributed by atoms with Crippen LogP contribution in [0.5, 0.6) is 0 Å². The highest BCUT2D eigenvalue weighted by molar-refractivity contribution is 5.98. The van der Waals surface area contributed by atoms with E-state index in [0.29, 0.717) is 51.5 Å². The van der Waals surface area contributed by atoms with Gasteiger partial charge < -0.3 is 30.5 Å². The number of carbonyl (C=O) groups excluding carboxylic acids is 2. The number of piperazine rings is 1. The molecule has 39 heavy (non-hydrogen) atoms. The van der Waals surface area contributed by atoms with Crippen molar-refractivity contribution in [3.63, 3.8) is 0 Å². The van der Waals surface area contributed by atoms with E-state index in [0.717, 1.165) is 41.4 Å². The van der Waals surface area contributed by atoms with Gasteiger partial charge in [-0.05, 0) is 29.8 Å². The van der Waals surface area contributed by atoms with Crippen molar-refractivity contribution < 1.29 is 14.3 Å². The summed E-state index contributed by atoms with van der Waals surface area (Å²) in [6.45, 7) is 9.01. The number of benzene rings is 1. The van der Waals surface area contributed by atoms with Crippen molar-refractivity contribution in [3.05, 3.63) is 67.0 Å². The highest BCUT2D eigenvalue weighted by atomic mass is 16.5. The molecule has 2 amide bonds. The van der Waals surface area contributed by atoms with E-state index in [1.807, 2.05) is 23.1 Å². The number of carbonyl (C=O) groups is 2. The lowest BCUT2D eigenvalue weighted by Gasteiger charge is -2.37. The molecular formula is C28H32N8O3. The number of nitrogen functional groups attached to an aromatic ring is 1. The van der Waals surface area contributed by atoms with Gasteiger partial charge >= 0.3 is 0 Å². The van der Waals surface area contributed by atoms with Crippen molar-refractivity contribution in [2.45, 2.75) is 6.42 Å². The standard InChI is InChI=1S/C28H32N8O3/c1-2-26(37)32-22-5-3-20(4-6-22)15-27(38)36-9-7-34(8-10-36)23-16-24(21-18-30-28(29)31-19-21)33-25(17-23)35-11-13-39-14-12-35/h2-6,16-19H,1,7-15H2,(H,32,37)(H2,29,30,31). The molecule has 2 aromatic heterocycles. The van der Waals surface area contributed by atoms with Crippen LogP contribution in [-0.2, 0) is 20.7 Å². The minimum Gasteiger partial charge on any atom is -0.378 e. The van der Waals surface area contributed by atoms with Gasteiger partial charge in [0.1, 0.15) is 5.82 Å². The van der Waals surface area contributed by atoms with Crippen LogP contribution < -0.4 is 20.9 Å². The van der Waals surface area contributed by atoms with Crippen molar-refractivity contribution >= 4 is 35.0 Å². The van der Waals surface area contributed by atoms with Crippen molar-refractivity contribution in [2.75, 3.05) is 73.3 Å². The van der Waals surface area contributed by atoms with Gasteiger partial charge in [-0.1, -0.05) is 18.7 Å². The fraction of sp³-hybridized carbons (Fsp3) is 0.321. The molecule has 3 aromatic rings. The summed E-state index contributed by atoms with van der Waals surface area (Å²) in [6.07, 6.45) is 4.91. The van der Waals surface area contributed by atoms with Gasteiger partial charge in [-0.25, -0.2) is 15.0 Å². The maximum absolute atomic E-state index is 13.0. The van der Waals surface area contributed by atoms with E-state index in [1.165, 1.54) is 6.08 Å².